The second kappa shape index (κ2) is 5.16. The Kier molecular flexibility index (Phi) is 3.90. The summed E-state index contributed by atoms with van der Waals surface area (Å²) in [6.07, 6.45) is 2.43. The van der Waals surface area contributed by atoms with E-state index in [0.717, 1.165) is 6.42 Å². The van der Waals surface area contributed by atoms with Crippen LogP contribution in [0.25, 0.3) is 0 Å². The van der Waals surface area contributed by atoms with Crippen molar-refractivity contribution in [3.63, 3.8) is 0 Å². The number of esters is 1. The molecule has 0 aromatic heterocycles. The highest BCUT2D eigenvalue weighted by atomic mass is 16.5. The SMILES string of the molecule is CCOC(=O)C1=C(O)C[C@@]2(O)CC(CC)C(C)[C@@H]1C2. The molecule has 2 aliphatic carbocycles. The van der Waals surface area contributed by atoms with Crippen LogP contribution in [0.2, 0.25) is 0 Å². The van der Waals surface area contributed by atoms with Gasteiger partial charge in [-0.25, -0.2) is 4.79 Å². The van der Waals surface area contributed by atoms with Gasteiger partial charge in [0, 0.05) is 6.42 Å². The van der Waals surface area contributed by atoms with Crippen molar-refractivity contribution in [1.82, 2.24) is 0 Å². The van der Waals surface area contributed by atoms with Gasteiger partial charge in [0.2, 0.25) is 0 Å². The maximum absolute atomic E-state index is 12.0. The Morgan fingerprint density at radius 2 is 2.11 bits per heavy atom. The van der Waals surface area contributed by atoms with Crippen molar-refractivity contribution in [3.8, 4) is 0 Å². The lowest BCUT2D eigenvalue weighted by Crippen LogP contribution is -2.48. The summed E-state index contributed by atoms with van der Waals surface area (Å²) in [6, 6.07) is 0. The number of aliphatic hydroxyl groups excluding tert-OH is 1. The average molecular weight is 268 g/mol. The smallest absolute Gasteiger partial charge is 0.337 e. The monoisotopic (exact) mass is 268 g/mol. The molecule has 0 heterocycles. The van der Waals surface area contributed by atoms with E-state index in [0.29, 0.717) is 30.9 Å². The first-order valence-electron chi connectivity index (χ1n) is 7.23. The average Bonchev–Trinajstić information content (AvgIpc) is 2.33. The van der Waals surface area contributed by atoms with Crippen LogP contribution >= 0.6 is 0 Å². The predicted octanol–water partition coefficient (Wildman–Crippen LogP) is 2.57. The van der Waals surface area contributed by atoms with E-state index in [1.165, 1.54) is 0 Å². The number of aliphatic hydroxyl groups is 2. The fraction of sp³-hybridized carbons (Fsp3) is 0.800. The Morgan fingerprint density at radius 1 is 1.42 bits per heavy atom. The number of carbonyl (C=O) groups excluding carboxylic acids is 1. The molecule has 0 saturated heterocycles. The van der Waals surface area contributed by atoms with E-state index in [2.05, 4.69) is 13.8 Å². The molecule has 4 nitrogen and oxygen atoms in total. The van der Waals surface area contributed by atoms with Crippen LogP contribution in [0.1, 0.15) is 46.5 Å². The minimum atomic E-state index is -0.849. The Hall–Kier alpha value is -1.03. The van der Waals surface area contributed by atoms with Crippen LogP contribution in [0.3, 0.4) is 0 Å². The van der Waals surface area contributed by atoms with Crippen molar-refractivity contribution in [3.05, 3.63) is 11.3 Å². The number of rotatable bonds is 3. The first-order valence-corrected chi connectivity index (χ1v) is 7.23. The fourth-order valence-electron chi connectivity index (χ4n) is 3.81. The van der Waals surface area contributed by atoms with Crippen LogP contribution < -0.4 is 0 Å². The van der Waals surface area contributed by atoms with E-state index in [1.807, 2.05) is 0 Å². The van der Waals surface area contributed by atoms with Gasteiger partial charge in [-0.3, -0.25) is 0 Å². The number of carbonyl (C=O) groups is 1. The van der Waals surface area contributed by atoms with Gasteiger partial charge < -0.3 is 14.9 Å². The Morgan fingerprint density at radius 3 is 2.68 bits per heavy atom. The molecule has 0 spiro atoms. The minimum Gasteiger partial charge on any atom is -0.512 e. The van der Waals surface area contributed by atoms with Gasteiger partial charge in [0.15, 0.2) is 0 Å². The van der Waals surface area contributed by atoms with E-state index >= 15 is 0 Å². The molecule has 0 radical (unpaired) electrons. The Labute approximate surface area is 114 Å². The van der Waals surface area contributed by atoms with Gasteiger partial charge in [-0.1, -0.05) is 20.3 Å². The molecular formula is C15H24O4. The third-order valence-corrected chi connectivity index (χ3v) is 4.82. The van der Waals surface area contributed by atoms with Crippen molar-refractivity contribution in [2.75, 3.05) is 6.61 Å². The van der Waals surface area contributed by atoms with E-state index in [-0.39, 0.29) is 24.0 Å². The Bertz CT molecular complexity index is 401. The first kappa shape index (κ1) is 14.4. The molecule has 2 rings (SSSR count). The maximum atomic E-state index is 12.0. The molecule has 4 atom stereocenters. The summed E-state index contributed by atoms with van der Waals surface area (Å²) in [5.41, 5.74) is -0.449. The number of hydrogen-bond donors (Lipinski definition) is 2. The van der Waals surface area contributed by atoms with Gasteiger partial charge >= 0.3 is 5.97 Å². The topological polar surface area (TPSA) is 66.8 Å². The summed E-state index contributed by atoms with van der Waals surface area (Å²) in [7, 11) is 0. The van der Waals surface area contributed by atoms with E-state index in [1.54, 1.807) is 6.92 Å². The zero-order valence-corrected chi connectivity index (χ0v) is 12.0. The van der Waals surface area contributed by atoms with Crippen molar-refractivity contribution < 1.29 is 19.7 Å². The summed E-state index contributed by atoms with van der Waals surface area (Å²) in [5, 5.41) is 20.7. The highest BCUT2D eigenvalue weighted by molar-refractivity contribution is 5.90. The molecule has 2 bridgehead atoms. The van der Waals surface area contributed by atoms with Crippen molar-refractivity contribution in [2.45, 2.75) is 52.1 Å². The molecule has 0 aliphatic heterocycles. The summed E-state index contributed by atoms with van der Waals surface area (Å²) in [6.45, 7) is 6.28. The lowest BCUT2D eigenvalue weighted by atomic mass is 9.59. The van der Waals surface area contributed by atoms with E-state index < -0.39 is 11.6 Å². The maximum Gasteiger partial charge on any atom is 0.337 e. The molecule has 0 aromatic carbocycles. The number of ether oxygens (including phenoxy) is 1. The highest BCUT2D eigenvalue weighted by Crippen LogP contribution is 2.51. The zero-order valence-electron chi connectivity index (χ0n) is 12.0. The normalized spacial score (nSPS) is 38.2. The largest absolute Gasteiger partial charge is 0.512 e. The van der Waals surface area contributed by atoms with Crippen LogP contribution in [0, 0.1) is 17.8 Å². The Balaban J connectivity index is 2.35. The van der Waals surface area contributed by atoms with Crippen LogP contribution in [0.5, 0.6) is 0 Å². The molecule has 2 N–H and O–H groups in total. The zero-order chi connectivity index (χ0) is 14.2. The number of fused-ring (bicyclic) bond motifs is 2. The number of hydrogen-bond acceptors (Lipinski definition) is 4. The molecule has 0 aromatic rings. The predicted molar refractivity (Wildman–Crippen MR) is 71.5 cm³/mol. The quantitative estimate of drug-likeness (QED) is 0.772. The van der Waals surface area contributed by atoms with Crippen molar-refractivity contribution >= 4 is 5.97 Å². The van der Waals surface area contributed by atoms with Gasteiger partial charge in [-0.15, -0.1) is 0 Å². The van der Waals surface area contributed by atoms with Gasteiger partial charge in [0.1, 0.15) is 5.76 Å². The van der Waals surface area contributed by atoms with Gasteiger partial charge in [-0.05, 0) is 37.5 Å². The van der Waals surface area contributed by atoms with Crippen LogP contribution in [0.15, 0.2) is 11.3 Å². The third-order valence-electron chi connectivity index (χ3n) is 4.82. The lowest BCUT2D eigenvalue weighted by molar-refractivity contribution is -0.142. The van der Waals surface area contributed by atoms with E-state index in [4.69, 9.17) is 4.74 Å². The molecule has 1 fully saturated rings. The van der Waals surface area contributed by atoms with Crippen LogP contribution in [-0.2, 0) is 9.53 Å². The van der Waals surface area contributed by atoms with Gasteiger partial charge in [0.25, 0.3) is 0 Å². The summed E-state index contributed by atoms with van der Waals surface area (Å²) in [5.74, 6) is 0.194. The molecule has 4 heteroatoms. The molecule has 19 heavy (non-hydrogen) atoms. The minimum absolute atomic E-state index is 0.0265. The molecule has 2 aliphatic rings. The highest BCUT2D eigenvalue weighted by Gasteiger charge is 2.50. The van der Waals surface area contributed by atoms with Crippen molar-refractivity contribution in [1.29, 1.82) is 0 Å². The molecule has 2 unspecified atom stereocenters. The summed E-state index contributed by atoms with van der Waals surface area (Å²) >= 11 is 0. The van der Waals surface area contributed by atoms with Crippen LogP contribution in [0.4, 0.5) is 0 Å². The lowest BCUT2D eigenvalue weighted by Gasteiger charge is -2.48. The fourth-order valence-corrected chi connectivity index (χ4v) is 3.81. The van der Waals surface area contributed by atoms with E-state index in [9.17, 15) is 15.0 Å². The summed E-state index contributed by atoms with van der Waals surface area (Å²) in [4.78, 5) is 12.0. The van der Waals surface area contributed by atoms with Gasteiger partial charge in [-0.2, -0.15) is 0 Å². The second-order valence-corrected chi connectivity index (χ2v) is 6.02. The molecule has 0 amide bonds. The third kappa shape index (κ3) is 2.50. The first-order chi connectivity index (χ1) is 8.91. The summed E-state index contributed by atoms with van der Waals surface area (Å²) < 4.78 is 5.05. The molecule has 108 valence electrons. The second-order valence-electron chi connectivity index (χ2n) is 6.02. The molecule has 1 saturated carbocycles. The van der Waals surface area contributed by atoms with Gasteiger partial charge in [0.05, 0.1) is 17.8 Å². The van der Waals surface area contributed by atoms with Crippen LogP contribution in [-0.4, -0.2) is 28.4 Å². The van der Waals surface area contributed by atoms with Crippen molar-refractivity contribution in [2.24, 2.45) is 17.8 Å². The standard InChI is InChI=1S/C15H24O4/c1-4-10-6-15(18)7-11(9(10)3)13(12(16)8-15)14(17)19-5-2/h9-11,16,18H,4-8H2,1-3H3/t9?,10?,11-,15+/m0/s1. The molecular weight excluding hydrogens is 244 g/mol.